The molecule has 174 valence electrons. The number of amides is 2. The molecule has 0 aliphatic carbocycles. The molecule has 0 N–H and O–H groups in total. The topological polar surface area (TPSA) is 94.0 Å². The van der Waals surface area contributed by atoms with E-state index in [4.69, 9.17) is 9.47 Å². The van der Waals surface area contributed by atoms with Crippen molar-refractivity contribution in [1.82, 2.24) is 9.78 Å². The summed E-state index contributed by atoms with van der Waals surface area (Å²) in [5.41, 5.74) is 3.16. The Labute approximate surface area is 196 Å². The zero-order chi connectivity index (χ0) is 23.7. The van der Waals surface area contributed by atoms with Crippen molar-refractivity contribution >= 4 is 29.7 Å². The van der Waals surface area contributed by atoms with E-state index >= 15 is 0 Å². The van der Waals surface area contributed by atoms with Crippen LogP contribution in [0.4, 0.5) is 11.4 Å². The standard InChI is InChI=1S/C25H24N4O5/c1-33-20-11-9-19(10-12-20)29-23-21(24(26-29)34-16-30)13-15-28(25(23)32)18-7-5-17(6-8-18)27-14-3-2-4-22(27)31/h5-12,16H,2-4,13-15H2,1H3. The maximum Gasteiger partial charge on any atom is 0.299 e. The molecule has 1 fully saturated rings. The van der Waals surface area contributed by atoms with Crippen molar-refractivity contribution in [3.05, 3.63) is 59.8 Å². The van der Waals surface area contributed by atoms with Gasteiger partial charge in [-0.3, -0.25) is 14.4 Å². The number of methoxy groups -OCH3 is 1. The number of piperidine rings is 1. The number of rotatable bonds is 6. The van der Waals surface area contributed by atoms with Gasteiger partial charge in [0.15, 0.2) is 0 Å². The number of anilines is 2. The van der Waals surface area contributed by atoms with Gasteiger partial charge in [-0.15, -0.1) is 5.10 Å². The third kappa shape index (κ3) is 3.79. The highest BCUT2D eigenvalue weighted by Gasteiger charge is 2.34. The molecule has 2 amide bonds. The summed E-state index contributed by atoms with van der Waals surface area (Å²) in [5.74, 6) is 0.693. The van der Waals surface area contributed by atoms with Crippen molar-refractivity contribution < 1.29 is 23.9 Å². The predicted molar refractivity (Wildman–Crippen MR) is 125 cm³/mol. The molecule has 2 aliphatic heterocycles. The number of carbonyl (C=O) groups is 3. The number of ether oxygens (including phenoxy) is 2. The molecule has 3 aromatic rings. The second-order valence-electron chi connectivity index (χ2n) is 8.18. The summed E-state index contributed by atoms with van der Waals surface area (Å²) in [5, 5.41) is 4.40. The first kappa shape index (κ1) is 21.7. The van der Waals surface area contributed by atoms with E-state index in [9.17, 15) is 14.4 Å². The quantitative estimate of drug-likeness (QED) is 0.525. The summed E-state index contributed by atoms with van der Waals surface area (Å²) in [4.78, 5) is 40.4. The molecule has 2 aliphatic rings. The Bertz CT molecular complexity index is 1230. The largest absolute Gasteiger partial charge is 0.497 e. The number of fused-ring (bicyclic) bond motifs is 1. The molecule has 5 rings (SSSR count). The minimum absolute atomic E-state index is 0.129. The molecule has 34 heavy (non-hydrogen) atoms. The lowest BCUT2D eigenvalue weighted by molar-refractivity contribution is -0.121. The minimum Gasteiger partial charge on any atom is -0.497 e. The van der Waals surface area contributed by atoms with E-state index in [0.717, 1.165) is 24.2 Å². The van der Waals surface area contributed by atoms with Gasteiger partial charge in [-0.1, -0.05) is 0 Å². The maximum atomic E-state index is 13.6. The molecule has 9 nitrogen and oxygen atoms in total. The third-order valence-corrected chi connectivity index (χ3v) is 6.25. The molecular weight excluding hydrogens is 436 g/mol. The molecule has 0 bridgehead atoms. The molecule has 0 spiro atoms. The van der Waals surface area contributed by atoms with Crippen molar-refractivity contribution in [1.29, 1.82) is 0 Å². The van der Waals surface area contributed by atoms with Gasteiger partial charge >= 0.3 is 0 Å². The Hall–Kier alpha value is -4.14. The number of benzene rings is 2. The number of nitrogens with zero attached hydrogens (tertiary/aromatic N) is 4. The molecule has 0 unspecified atom stereocenters. The van der Waals surface area contributed by atoms with Gasteiger partial charge in [-0.25, -0.2) is 4.68 Å². The summed E-state index contributed by atoms with van der Waals surface area (Å²) in [6.45, 7) is 1.44. The SMILES string of the molecule is COc1ccc(-n2nc(OC=O)c3c2C(=O)N(c2ccc(N4CCCCC4=O)cc2)CC3)cc1. The van der Waals surface area contributed by atoms with Crippen LogP contribution in [0.2, 0.25) is 0 Å². The van der Waals surface area contributed by atoms with Gasteiger partial charge in [0.2, 0.25) is 11.8 Å². The van der Waals surface area contributed by atoms with E-state index in [-0.39, 0.29) is 17.7 Å². The van der Waals surface area contributed by atoms with Gasteiger partial charge in [-0.2, -0.15) is 0 Å². The summed E-state index contributed by atoms with van der Waals surface area (Å²) < 4.78 is 11.8. The summed E-state index contributed by atoms with van der Waals surface area (Å²) >= 11 is 0. The Morgan fingerprint density at radius 1 is 0.853 bits per heavy atom. The lowest BCUT2D eigenvalue weighted by Gasteiger charge is -2.29. The van der Waals surface area contributed by atoms with Gasteiger partial charge in [0, 0.05) is 36.4 Å². The number of aromatic nitrogens is 2. The summed E-state index contributed by atoms with van der Waals surface area (Å²) in [6.07, 6.45) is 2.96. The Morgan fingerprint density at radius 3 is 2.18 bits per heavy atom. The molecule has 0 radical (unpaired) electrons. The van der Waals surface area contributed by atoms with E-state index in [2.05, 4.69) is 5.10 Å². The fourth-order valence-corrected chi connectivity index (χ4v) is 4.52. The molecular formula is C25H24N4O5. The number of carbonyl (C=O) groups excluding carboxylic acids is 3. The van der Waals surface area contributed by atoms with E-state index < -0.39 is 0 Å². The van der Waals surface area contributed by atoms with Crippen molar-refractivity contribution in [2.24, 2.45) is 0 Å². The van der Waals surface area contributed by atoms with E-state index in [1.807, 2.05) is 24.3 Å². The highest BCUT2D eigenvalue weighted by Crippen LogP contribution is 2.33. The molecule has 3 heterocycles. The van der Waals surface area contributed by atoms with Gasteiger partial charge in [0.25, 0.3) is 12.4 Å². The lowest BCUT2D eigenvalue weighted by atomic mass is 10.0. The molecule has 1 saturated heterocycles. The first-order chi connectivity index (χ1) is 16.6. The summed E-state index contributed by atoms with van der Waals surface area (Å²) in [6, 6.07) is 14.6. The summed E-state index contributed by atoms with van der Waals surface area (Å²) in [7, 11) is 1.58. The highest BCUT2D eigenvalue weighted by atomic mass is 16.5. The fourth-order valence-electron chi connectivity index (χ4n) is 4.52. The second kappa shape index (κ2) is 9.01. The first-order valence-corrected chi connectivity index (χ1v) is 11.2. The zero-order valence-electron chi connectivity index (χ0n) is 18.8. The van der Waals surface area contributed by atoms with Crippen LogP contribution in [0.3, 0.4) is 0 Å². The van der Waals surface area contributed by atoms with Gasteiger partial charge < -0.3 is 19.3 Å². The van der Waals surface area contributed by atoms with E-state index in [0.29, 0.717) is 55.1 Å². The van der Waals surface area contributed by atoms with Gasteiger partial charge in [0.1, 0.15) is 11.4 Å². The lowest BCUT2D eigenvalue weighted by Crippen LogP contribution is -2.39. The van der Waals surface area contributed by atoms with Crippen LogP contribution in [0.5, 0.6) is 11.6 Å². The fraction of sp³-hybridized carbons (Fsp3) is 0.280. The van der Waals surface area contributed by atoms with E-state index in [1.54, 1.807) is 41.2 Å². The van der Waals surface area contributed by atoms with Crippen molar-refractivity contribution in [3.8, 4) is 17.3 Å². The first-order valence-electron chi connectivity index (χ1n) is 11.2. The van der Waals surface area contributed by atoms with Crippen LogP contribution in [-0.2, 0) is 16.0 Å². The second-order valence-corrected chi connectivity index (χ2v) is 8.18. The smallest absolute Gasteiger partial charge is 0.299 e. The molecule has 1 aromatic heterocycles. The maximum absolute atomic E-state index is 13.6. The molecule has 9 heteroatoms. The average Bonchev–Trinajstić information content (AvgIpc) is 3.24. The number of hydrogen-bond donors (Lipinski definition) is 0. The van der Waals surface area contributed by atoms with Crippen LogP contribution in [-0.4, -0.2) is 48.3 Å². The normalized spacial score (nSPS) is 15.8. The number of hydrogen-bond acceptors (Lipinski definition) is 6. The van der Waals surface area contributed by atoms with Gasteiger partial charge in [0.05, 0.1) is 12.8 Å². The van der Waals surface area contributed by atoms with Crippen LogP contribution in [0, 0.1) is 0 Å². The van der Waals surface area contributed by atoms with Crippen LogP contribution >= 0.6 is 0 Å². The Kier molecular flexibility index (Phi) is 5.75. The van der Waals surface area contributed by atoms with Crippen molar-refractivity contribution in [2.75, 3.05) is 30.0 Å². The highest BCUT2D eigenvalue weighted by molar-refractivity contribution is 6.08. The van der Waals surface area contributed by atoms with Crippen LogP contribution < -0.4 is 19.3 Å². The zero-order valence-corrected chi connectivity index (χ0v) is 18.8. The van der Waals surface area contributed by atoms with Crippen LogP contribution in [0.15, 0.2) is 48.5 Å². The van der Waals surface area contributed by atoms with Crippen molar-refractivity contribution in [3.63, 3.8) is 0 Å². The van der Waals surface area contributed by atoms with Gasteiger partial charge in [-0.05, 0) is 67.8 Å². The van der Waals surface area contributed by atoms with Crippen LogP contribution in [0.25, 0.3) is 5.69 Å². The molecule has 0 atom stereocenters. The average molecular weight is 460 g/mol. The predicted octanol–water partition coefficient (Wildman–Crippen LogP) is 3.14. The van der Waals surface area contributed by atoms with Crippen LogP contribution in [0.1, 0.15) is 35.3 Å². The monoisotopic (exact) mass is 460 g/mol. The minimum atomic E-state index is -0.243. The van der Waals surface area contributed by atoms with E-state index in [1.165, 1.54) is 4.68 Å². The van der Waals surface area contributed by atoms with Crippen molar-refractivity contribution in [2.45, 2.75) is 25.7 Å². The Morgan fingerprint density at radius 2 is 1.53 bits per heavy atom. The molecule has 2 aromatic carbocycles. The molecule has 0 saturated carbocycles. The third-order valence-electron chi connectivity index (χ3n) is 6.25. The Balaban J connectivity index is 1.48.